The van der Waals surface area contributed by atoms with Crippen molar-refractivity contribution >= 4 is 0 Å². The van der Waals surface area contributed by atoms with E-state index in [1.807, 2.05) is 12.1 Å². The first-order valence-corrected chi connectivity index (χ1v) is 7.49. The lowest BCUT2D eigenvalue weighted by atomic mass is 9.96. The molecular formula is C16H26N2O. The third kappa shape index (κ3) is 4.84. The van der Waals surface area contributed by atoms with Crippen LogP contribution >= 0.6 is 0 Å². The molecule has 3 heteroatoms. The number of rotatable bonds is 6. The van der Waals surface area contributed by atoms with Crippen LogP contribution in [0.25, 0.3) is 0 Å². The molecule has 3 nitrogen and oxygen atoms in total. The fourth-order valence-corrected chi connectivity index (χ4v) is 2.74. The van der Waals surface area contributed by atoms with Crippen LogP contribution in [0.15, 0.2) is 24.3 Å². The maximum Gasteiger partial charge on any atom is 0.115 e. The zero-order valence-corrected chi connectivity index (χ0v) is 11.9. The number of phenols is 1. The summed E-state index contributed by atoms with van der Waals surface area (Å²) < 4.78 is 0. The van der Waals surface area contributed by atoms with Crippen LogP contribution in [0.3, 0.4) is 0 Å². The lowest BCUT2D eigenvalue weighted by molar-refractivity contribution is 0.175. The molecule has 0 atom stereocenters. The molecule has 0 saturated carbocycles. The Balaban J connectivity index is 1.71. The van der Waals surface area contributed by atoms with Crippen molar-refractivity contribution in [2.75, 3.05) is 26.2 Å². The fraction of sp³-hybridized carbons (Fsp3) is 0.625. The molecule has 1 heterocycles. The van der Waals surface area contributed by atoms with Gasteiger partial charge in [-0.05, 0) is 69.1 Å². The summed E-state index contributed by atoms with van der Waals surface area (Å²) in [4.78, 5) is 2.49. The molecule has 1 aromatic carbocycles. The van der Waals surface area contributed by atoms with E-state index in [1.54, 1.807) is 6.07 Å². The number of aromatic hydroxyl groups is 1. The van der Waals surface area contributed by atoms with Crippen LogP contribution < -0.4 is 5.32 Å². The molecule has 0 spiro atoms. The van der Waals surface area contributed by atoms with Crippen LogP contribution in [0.2, 0.25) is 0 Å². The Morgan fingerprint density at radius 1 is 1.32 bits per heavy atom. The second-order valence-corrected chi connectivity index (χ2v) is 5.59. The van der Waals surface area contributed by atoms with E-state index in [-0.39, 0.29) is 0 Å². The number of hydrogen-bond acceptors (Lipinski definition) is 3. The van der Waals surface area contributed by atoms with Gasteiger partial charge in [-0.1, -0.05) is 19.1 Å². The van der Waals surface area contributed by atoms with Crippen molar-refractivity contribution in [1.29, 1.82) is 0 Å². The summed E-state index contributed by atoms with van der Waals surface area (Å²) in [6.45, 7) is 7.84. The van der Waals surface area contributed by atoms with Gasteiger partial charge in [0.15, 0.2) is 0 Å². The van der Waals surface area contributed by atoms with Crippen LogP contribution in [-0.2, 0) is 6.54 Å². The number of hydrogen-bond donors (Lipinski definition) is 2. The zero-order valence-electron chi connectivity index (χ0n) is 11.9. The second kappa shape index (κ2) is 7.51. The van der Waals surface area contributed by atoms with Crippen molar-refractivity contribution in [3.05, 3.63) is 29.8 Å². The molecule has 1 fully saturated rings. The molecule has 0 radical (unpaired) electrons. The largest absolute Gasteiger partial charge is 0.508 e. The Kier molecular flexibility index (Phi) is 5.67. The molecular weight excluding hydrogens is 236 g/mol. The molecule has 0 aliphatic carbocycles. The highest BCUT2D eigenvalue weighted by Crippen LogP contribution is 2.19. The van der Waals surface area contributed by atoms with Crippen molar-refractivity contribution in [1.82, 2.24) is 10.2 Å². The van der Waals surface area contributed by atoms with E-state index in [4.69, 9.17) is 0 Å². The Morgan fingerprint density at radius 2 is 2.11 bits per heavy atom. The molecule has 0 unspecified atom stereocenters. The van der Waals surface area contributed by atoms with Gasteiger partial charge in [0.05, 0.1) is 0 Å². The number of nitrogens with one attached hydrogen (secondary N) is 1. The van der Waals surface area contributed by atoms with Gasteiger partial charge in [-0.3, -0.25) is 4.90 Å². The summed E-state index contributed by atoms with van der Waals surface area (Å²) in [7, 11) is 0. The lowest BCUT2D eigenvalue weighted by Gasteiger charge is -2.32. The molecule has 1 saturated heterocycles. The molecule has 1 aromatic rings. The summed E-state index contributed by atoms with van der Waals surface area (Å²) in [5, 5.41) is 13.0. The smallest absolute Gasteiger partial charge is 0.115 e. The van der Waals surface area contributed by atoms with Gasteiger partial charge in [-0.15, -0.1) is 0 Å². The van der Waals surface area contributed by atoms with Crippen molar-refractivity contribution in [2.45, 2.75) is 32.7 Å². The van der Waals surface area contributed by atoms with Gasteiger partial charge < -0.3 is 10.4 Å². The third-order valence-corrected chi connectivity index (χ3v) is 3.88. The number of benzene rings is 1. The van der Waals surface area contributed by atoms with Crippen LogP contribution in [0.1, 0.15) is 31.7 Å². The maximum absolute atomic E-state index is 9.48. The molecule has 0 bridgehead atoms. The maximum atomic E-state index is 9.48. The average molecular weight is 262 g/mol. The first-order valence-electron chi connectivity index (χ1n) is 7.49. The summed E-state index contributed by atoms with van der Waals surface area (Å²) >= 11 is 0. The number of nitrogens with zero attached hydrogens (tertiary/aromatic N) is 1. The Labute approximate surface area is 116 Å². The molecule has 2 rings (SSSR count). The number of piperidine rings is 1. The van der Waals surface area contributed by atoms with Crippen LogP contribution in [0.4, 0.5) is 0 Å². The van der Waals surface area contributed by atoms with Crippen molar-refractivity contribution < 1.29 is 5.11 Å². The van der Waals surface area contributed by atoms with Gasteiger partial charge in [0.25, 0.3) is 0 Å². The number of likely N-dealkylation sites (tertiary alicyclic amines) is 1. The lowest BCUT2D eigenvalue weighted by Crippen LogP contribution is -2.37. The predicted molar refractivity (Wildman–Crippen MR) is 79.3 cm³/mol. The van der Waals surface area contributed by atoms with Crippen molar-refractivity contribution in [2.24, 2.45) is 5.92 Å². The standard InChI is InChI=1S/C16H26N2O/c1-2-8-17-12-14-6-9-18(10-7-14)13-15-4-3-5-16(19)11-15/h3-5,11,14,17,19H,2,6-10,12-13H2,1H3. The van der Waals surface area contributed by atoms with Gasteiger partial charge in [0.2, 0.25) is 0 Å². The van der Waals surface area contributed by atoms with Gasteiger partial charge >= 0.3 is 0 Å². The summed E-state index contributed by atoms with van der Waals surface area (Å²) in [5.41, 5.74) is 1.21. The predicted octanol–water partition coefficient (Wildman–Crippen LogP) is 2.60. The van der Waals surface area contributed by atoms with E-state index < -0.39 is 0 Å². The van der Waals surface area contributed by atoms with Crippen LogP contribution in [-0.4, -0.2) is 36.2 Å². The second-order valence-electron chi connectivity index (χ2n) is 5.59. The first-order chi connectivity index (χ1) is 9.28. The molecule has 2 N–H and O–H groups in total. The fourth-order valence-electron chi connectivity index (χ4n) is 2.74. The topological polar surface area (TPSA) is 35.5 Å². The third-order valence-electron chi connectivity index (χ3n) is 3.88. The van der Waals surface area contributed by atoms with E-state index in [2.05, 4.69) is 23.2 Å². The molecule has 0 amide bonds. The van der Waals surface area contributed by atoms with Gasteiger partial charge in [0, 0.05) is 6.54 Å². The Bertz CT molecular complexity index is 373. The zero-order chi connectivity index (χ0) is 13.5. The van der Waals surface area contributed by atoms with E-state index in [0.29, 0.717) is 5.75 Å². The van der Waals surface area contributed by atoms with Gasteiger partial charge in [-0.25, -0.2) is 0 Å². The van der Waals surface area contributed by atoms with Gasteiger partial charge in [0.1, 0.15) is 5.75 Å². The SMILES string of the molecule is CCCNCC1CCN(Cc2cccc(O)c2)CC1. The van der Waals surface area contributed by atoms with Crippen LogP contribution in [0, 0.1) is 5.92 Å². The highest BCUT2D eigenvalue weighted by Gasteiger charge is 2.18. The van der Waals surface area contributed by atoms with Crippen molar-refractivity contribution in [3.63, 3.8) is 0 Å². The minimum absolute atomic E-state index is 0.371. The quantitative estimate of drug-likeness (QED) is 0.774. The molecule has 1 aliphatic heterocycles. The van der Waals surface area contributed by atoms with E-state index in [9.17, 15) is 5.11 Å². The Hall–Kier alpha value is -1.06. The highest BCUT2D eigenvalue weighted by atomic mass is 16.3. The average Bonchev–Trinajstić information content (AvgIpc) is 2.41. The number of phenolic OH excluding ortho intramolecular Hbond substituents is 1. The van der Waals surface area contributed by atoms with Crippen molar-refractivity contribution in [3.8, 4) is 5.75 Å². The van der Waals surface area contributed by atoms with Gasteiger partial charge in [-0.2, -0.15) is 0 Å². The highest BCUT2D eigenvalue weighted by molar-refractivity contribution is 5.27. The molecule has 0 aromatic heterocycles. The summed E-state index contributed by atoms with van der Waals surface area (Å²) in [6, 6.07) is 7.62. The summed E-state index contributed by atoms with van der Waals surface area (Å²) in [6.07, 6.45) is 3.79. The summed E-state index contributed by atoms with van der Waals surface area (Å²) in [5.74, 6) is 1.21. The normalized spacial score (nSPS) is 17.7. The molecule has 19 heavy (non-hydrogen) atoms. The minimum Gasteiger partial charge on any atom is -0.508 e. The first kappa shape index (κ1) is 14.4. The van der Waals surface area contributed by atoms with E-state index in [1.165, 1.54) is 44.5 Å². The van der Waals surface area contributed by atoms with Crippen LogP contribution in [0.5, 0.6) is 5.75 Å². The Morgan fingerprint density at radius 3 is 2.79 bits per heavy atom. The monoisotopic (exact) mass is 262 g/mol. The molecule has 106 valence electrons. The minimum atomic E-state index is 0.371. The van der Waals surface area contributed by atoms with E-state index >= 15 is 0 Å². The van der Waals surface area contributed by atoms with E-state index in [0.717, 1.165) is 19.0 Å². The molecule has 1 aliphatic rings.